The van der Waals surface area contributed by atoms with E-state index in [1.54, 1.807) is 0 Å². The lowest BCUT2D eigenvalue weighted by Gasteiger charge is -2.47. The third-order valence-electron chi connectivity index (χ3n) is 4.26. The Hall–Kier alpha value is -0.530. The number of hydrogen-bond acceptors (Lipinski definition) is 1. The number of nitrogens with one attached hydrogen (secondary N) is 1. The van der Waals surface area contributed by atoms with E-state index in [1.165, 1.54) is 25.7 Å². The summed E-state index contributed by atoms with van der Waals surface area (Å²) < 4.78 is 0. The molecule has 1 spiro atoms. The molecule has 2 nitrogen and oxygen atoms in total. The first-order valence-corrected chi connectivity index (χ1v) is 6.00. The van der Waals surface area contributed by atoms with Crippen molar-refractivity contribution in [1.82, 2.24) is 5.32 Å². The van der Waals surface area contributed by atoms with E-state index in [1.807, 2.05) is 0 Å². The second kappa shape index (κ2) is 3.56. The fourth-order valence-electron chi connectivity index (χ4n) is 2.96. The van der Waals surface area contributed by atoms with Crippen LogP contribution in [0.3, 0.4) is 0 Å². The molecule has 2 fully saturated rings. The fourth-order valence-corrected chi connectivity index (χ4v) is 2.96. The van der Waals surface area contributed by atoms with Crippen molar-refractivity contribution in [3.05, 3.63) is 0 Å². The third-order valence-corrected chi connectivity index (χ3v) is 4.26. The number of β-lactam (4-membered cyclic amide) rings is 1. The molecule has 2 unspecified atom stereocenters. The van der Waals surface area contributed by atoms with Gasteiger partial charge in [0.2, 0.25) is 5.91 Å². The molecule has 1 aliphatic heterocycles. The Labute approximate surface area is 86.5 Å². The quantitative estimate of drug-likeness (QED) is 0.689. The van der Waals surface area contributed by atoms with Crippen molar-refractivity contribution in [3.8, 4) is 0 Å². The van der Waals surface area contributed by atoms with Crippen molar-refractivity contribution >= 4 is 5.91 Å². The van der Waals surface area contributed by atoms with E-state index >= 15 is 0 Å². The van der Waals surface area contributed by atoms with E-state index in [0.717, 1.165) is 18.8 Å². The Bertz CT molecular complexity index is 230. The van der Waals surface area contributed by atoms with Crippen molar-refractivity contribution < 1.29 is 4.79 Å². The molecule has 14 heavy (non-hydrogen) atoms. The molecule has 2 rings (SSSR count). The molecule has 2 heteroatoms. The maximum atomic E-state index is 11.6. The van der Waals surface area contributed by atoms with Crippen LogP contribution in [0.1, 0.15) is 52.4 Å². The summed E-state index contributed by atoms with van der Waals surface area (Å²) in [5.41, 5.74) is 0.0728. The normalized spacial score (nSPS) is 31.3. The largest absolute Gasteiger partial charge is 0.352 e. The molecule has 0 aromatic rings. The Morgan fingerprint density at radius 3 is 2.64 bits per heavy atom. The van der Waals surface area contributed by atoms with Crippen LogP contribution in [-0.2, 0) is 4.79 Å². The Morgan fingerprint density at radius 2 is 2.14 bits per heavy atom. The van der Waals surface area contributed by atoms with Gasteiger partial charge < -0.3 is 5.32 Å². The van der Waals surface area contributed by atoms with E-state index in [0.29, 0.717) is 11.9 Å². The minimum absolute atomic E-state index is 0.0728. The second-order valence-corrected chi connectivity index (χ2v) is 5.14. The van der Waals surface area contributed by atoms with Gasteiger partial charge >= 0.3 is 0 Å². The predicted octanol–water partition coefficient (Wildman–Crippen LogP) is 2.48. The van der Waals surface area contributed by atoms with Gasteiger partial charge in [0, 0.05) is 6.04 Å². The maximum absolute atomic E-state index is 11.6. The molecule has 1 amide bonds. The van der Waals surface area contributed by atoms with Crippen molar-refractivity contribution in [2.45, 2.75) is 58.4 Å². The lowest BCUT2D eigenvalue weighted by molar-refractivity contribution is -0.146. The summed E-state index contributed by atoms with van der Waals surface area (Å²) in [5.74, 6) is 1.08. The van der Waals surface area contributed by atoms with Gasteiger partial charge in [0.1, 0.15) is 0 Å². The van der Waals surface area contributed by atoms with E-state index in [-0.39, 0.29) is 5.41 Å². The standard InChI is InChI=1S/C12H21NO/c1-3-9(2)8-10-12(11(14)13-10)6-4-5-7-12/h9-10H,3-8H2,1-2H3,(H,13,14). The highest BCUT2D eigenvalue weighted by molar-refractivity contribution is 5.90. The third kappa shape index (κ3) is 1.35. The maximum Gasteiger partial charge on any atom is 0.228 e. The van der Waals surface area contributed by atoms with Crippen molar-refractivity contribution in [3.63, 3.8) is 0 Å². The first-order valence-electron chi connectivity index (χ1n) is 6.00. The van der Waals surface area contributed by atoms with Crippen LogP contribution in [0.4, 0.5) is 0 Å². The van der Waals surface area contributed by atoms with Crippen LogP contribution in [0, 0.1) is 11.3 Å². The molecule has 1 aliphatic carbocycles. The van der Waals surface area contributed by atoms with Gasteiger partial charge in [0.05, 0.1) is 5.41 Å². The molecule has 1 heterocycles. The van der Waals surface area contributed by atoms with Gasteiger partial charge in [0.15, 0.2) is 0 Å². The summed E-state index contributed by atoms with van der Waals surface area (Å²) in [6.45, 7) is 4.51. The highest BCUT2D eigenvalue weighted by Gasteiger charge is 2.55. The van der Waals surface area contributed by atoms with Crippen molar-refractivity contribution in [1.29, 1.82) is 0 Å². The second-order valence-electron chi connectivity index (χ2n) is 5.14. The van der Waals surface area contributed by atoms with Crippen LogP contribution in [0.2, 0.25) is 0 Å². The number of amides is 1. The smallest absolute Gasteiger partial charge is 0.228 e. The van der Waals surface area contributed by atoms with Crippen molar-refractivity contribution in [2.75, 3.05) is 0 Å². The first-order chi connectivity index (χ1) is 6.69. The number of carbonyl (C=O) groups is 1. The summed E-state index contributed by atoms with van der Waals surface area (Å²) in [6.07, 6.45) is 7.19. The molecule has 0 bridgehead atoms. The summed E-state index contributed by atoms with van der Waals surface area (Å²) >= 11 is 0. The molecule has 0 aromatic heterocycles. The number of rotatable bonds is 3. The van der Waals surface area contributed by atoms with E-state index < -0.39 is 0 Å². The Balaban J connectivity index is 1.97. The average Bonchev–Trinajstić information content (AvgIpc) is 2.68. The molecular weight excluding hydrogens is 174 g/mol. The first kappa shape index (κ1) is 10.0. The SMILES string of the molecule is CCC(C)CC1NC(=O)C12CCCC2. The zero-order valence-corrected chi connectivity index (χ0v) is 9.31. The molecular formula is C12H21NO. The minimum Gasteiger partial charge on any atom is -0.352 e. The molecule has 1 saturated carbocycles. The minimum atomic E-state index is 0.0728. The zero-order chi connectivity index (χ0) is 10.2. The zero-order valence-electron chi connectivity index (χ0n) is 9.31. The summed E-state index contributed by atoms with van der Waals surface area (Å²) in [7, 11) is 0. The molecule has 1 N–H and O–H groups in total. The topological polar surface area (TPSA) is 29.1 Å². The molecule has 0 aromatic carbocycles. The molecule has 2 atom stereocenters. The highest BCUT2D eigenvalue weighted by atomic mass is 16.2. The molecule has 0 radical (unpaired) electrons. The van der Waals surface area contributed by atoms with Crippen LogP contribution in [0.5, 0.6) is 0 Å². The van der Waals surface area contributed by atoms with Gasteiger partial charge in [-0.3, -0.25) is 4.79 Å². The van der Waals surface area contributed by atoms with Gasteiger partial charge in [-0.1, -0.05) is 33.1 Å². The van der Waals surface area contributed by atoms with E-state index in [2.05, 4.69) is 19.2 Å². The van der Waals surface area contributed by atoms with Crippen LogP contribution in [0.25, 0.3) is 0 Å². The van der Waals surface area contributed by atoms with Crippen LogP contribution in [-0.4, -0.2) is 11.9 Å². The van der Waals surface area contributed by atoms with Crippen LogP contribution < -0.4 is 5.32 Å². The molecule has 80 valence electrons. The summed E-state index contributed by atoms with van der Waals surface area (Å²) in [6, 6.07) is 0.493. The van der Waals surface area contributed by atoms with Gasteiger partial charge in [0.25, 0.3) is 0 Å². The Morgan fingerprint density at radius 1 is 1.50 bits per heavy atom. The van der Waals surface area contributed by atoms with Gasteiger partial charge in [-0.2, -0.15) is 0 Å². The van der Waals surface area contributed by atoms with Gasteiger partial charge in [-0.05, 0) is 25.2 Å². The van der Waals surface area contributed by atoms with Gasteiger partial charge in [-0.15, -0.1) is 0 Å². The fraction of sp³-hybridized carbons (Fsp3) is 0.917. The average molecular weight is 195 g/mol. The number of carbonyl (C=O) groups excluding carboxylic acids is 1. The monoisotopic (exact) mass is 195 g/mol. The lowest BCUT2D eigenvalue weighted by atomic mass is 9.68. The molecule has 2 aliphatic rings. The summed E-state index contributed by atoms with van der Waals surface area (Å²) in [4.78, 5) is 11.6. The highest BCUT2D eigenvalue weighted by Crippen LogP contribution is 2.48. The lowest BCUT2D eigenvalue weighted by Crippen LogP contribution is -2.66. The van der Waals surface area contributed by atoms with Crippen LogP contribution in [0.15, 0.2) is 0 Å². The van der Waals surface area contributed by atoms with E-state index in [9.17, 15) is 4.79 Å². The predicted molar refractivity (Wildman–Crippen MR) is 56.9 cm³/mol. The Kier molecular flexibility index (Phi) is 2.54. The van der Waals surface area contributed by atoms with E-state index in [4.69, 9.17) is 0 Å². The summed E-state index contributed by atoms with van der Waals surface area (Å²) in [5, 5.41) is 3.10. The van der Waals surface area contributed by atoms with Crippen LogP contribution >= 0.6 is 0 Å². The number of hydrogen-bond donors (Lipinski definition) is 1. The van der Waals surface area contributed by atoms with Gasteiger partial charge in [-0.25, -0.2) is 0 Å². The van der Waals surface area contributed by atoms with Crippen molar-refractivity contribution in [2.24, 2.45) is 11.3 Å². The molecule has 1 saturated heterocycles.